The molecule has 0 atom stereocenters. The van der Waals surface area contributed by atoms with Gasteiger partial charge in [-0.25, -0.2) is 4.79 Å². The van der Waals surface area contributed by atoms with Crippen LogP contribution in [0.2, 0.25) is 0 Å². The van der Waals surface area contributed by atoms with Crippen molar-refractivity contribution in [2.75, 3.05) is 5.32 Å². The highest BCUT2D eigenvalue weighted by Crippen LogP contribution is 2.25. The van der Waals surface area contributed by atoms with Gasteiger partial charge in [0.2, 0.25) is 0 Å². The van der Waals surface area contributed by atoms with E-state index in [0.717, 1.165) is 24.1 Å². The lowest BCUT2D eigenvalue weighted by Crippen LogP contribution is -2.50. The van der Waals surface area contributed by atoms with Crippen molar-refractivity contribution in [2.45, 2.75) is 51.3 Å². The van der Waals surface area contributed by atoms with Crippen molar-refractivity contribution in [3.8, 4) is 12.3 Å². The summed E-state index contributed by atoms with van der Waals surface area (Å²) < 4.78 is 5.24. The molecule has 0 heterocycles. The van der Waals surface area contributed by atoms with Crippen LogP contribution >= 0.6 is 0 Å². The van der Waals surface area contributed by atoms with E-state index in [-0.39, 0.29) is 12.1 Å². The Balaban J connectivity index is 1.74. The molecule has 1 aromatic rings. The number of carbonyl (C=O) groups excluding carboxylic acids is 1. The number of nitrogens with one attached hydrogen (secondary N) is 2. The quantitative estimate of drug-likeness (QED) is 0.839. The zero-order valence-corrected chi connectivity index (χ0v) is 12.8. The van der Waals surface area contributed by atoms with E-state index in [4.69, 9.17) is 11.2 Å². The summed E-state index contributed by atoms with van der Waals surface area (Å²) in [4.78, 5) is 11.6. The van der Waals surface area contributed by atoms with Gasteiger partial charge < -0.3 is 15.4 Å². The summed E-state index contributed by atoms with van der Waals surface area (Å²) in [6.07, 6.45) is 6.81. The molecule has 112 valence electrons. The maximum atomic E-state index is 11.6. The van der Waals surface area contributed by atoms with E-state index in [1.54, 1.807) is 0 Å². The fraction of sp³-hybridized carbons (Fsp3) is 0.471. The minimum atomic E-state index is -0.457. The molecule has 4 nitrogen and oxygen atoms in total. The topological polar surface area (TPSA) is 50.4 Å². The molecule has 1 amide bonds. The number of amides is 1. The second kappa shape index (κ2) is 6.09. The van der Waals surface area contributed by atoms with E-state index in [1.807, 2.05) is 45.0 Å². The SMILES string of the molecule is C#Cc1cccc(NC2CC(NC(=O)OC(C)(C)C)C2)c1. The van der Waals surface area contributed by atoms with Crippen molar-refractivity contribution < 1.29 is 9.53 Å². The summed E-state index contributed by atoms with van der Waals surface area (Å²) in [7, 11) is 0. The van der Waals surface area contributed by atoms with Crippen LogP contribution in [0.4, 0.5) is 10.5 Å². The molecule has 1 aromatic carbocycles. The third-order valence-electron chi connectivity index (χ3n) is 3.26. The molecule has 2 rings (SSSR count). The number of benzene rings is 1. The summed E-state index contributed by atoms with van der Waals surface area (Å²) in [5, 5.41) is 6.29. The Morgan fingerprint density at radius 2 is 2.05 bits per heavy atom. The fourth-order valence-electron chi connectivity index (χ4n) is 2.26. The number of hydrogen-bond donors (Lipinski definition) is 2. The number of carbonyl (C=O) groups is 1. The Hall–Kier alpha value is -2.15. The van der Waals surface area contributed by atoms with Gasteiger partial charge in [-0.15, -0.1) is 6.42 Å². The van der Waals surface area contributed by atoms with Gasteiger partial charge in [-0.3, -0.25) is 0 Å². The molecular weight excluding hydrogens is 264 g/mol. The molecule has 0 aliphatic heterocycles. The van der Waals surface area contributed by atoms with Gasteiger partial charge in [0.25, 0.3) is 0 Å². The van der Waals surface area contributed by atoms with Gasteiger partial charge in [-0.05, 0) is 51.8 Å². The standard InChI is InChI=1S/C17H22N2O2/c1-5-12-7-6-8-13(9-12)18-14-10-15(11-14)19-16(20)21-17(2,3)4/h1,6-9,14-15,18H,10-11H2,2-4H3,(H,19,20). The lowest BCUT2D eigenvalue weighted by Gasteiger charge is -2.37. The Bertz CT molecular complexity index is 549. The average molecular weight is 286 g/mol. The number of rotatable bonds is 3. The first-order chi connectivity index (χ1) is 9.85. The van der Waals surface area contributed by atoms with Crippen LogP contribution in [-0.4, -0.2) is 23.8 Å². The summed E-state index contributed by atoms with van der Waals surface area (Å²) in [6.45, 7) is 5.57. The summed E-state index contributed by atoms with van der Waals surface area (Å²) in [6, 6.07) is 8.32. The van der Waals surface area contributed by atoms with Crippen molar-refractivity contribution in [1.29, 1.82) is 0 Å². The van der Waals surface area contributed by atoms with Gasteiger partial charge >= 0.3 is 6.09 Å². The molecule has 1 saturated carbocycles. The van der Waals surface area contributed by atoms with Crippen LogP contribution in [0.3, 0.4) is 0 Å². The molecule has 0 unspecified atom stereocenters. The van der Waals surface area contributed by atoms with Gasteiger partial charge in [-0.1, -0.05) is 12.0 Å². The normalized spacial score (nSPS) is 20.9. The van der Waals surface area contributed by atoms with Crippen LogP contribution < -0.4 is 10.6 Å². The minimum absolute atomic E-state index is 0.174. The largest absolute Gasteiger partial charge is 0.444 e. The molecule has 4 heteroatoms. The molecule has 2 N–H and O–H groups in total. The molecular formula is C17H22N2O2. The summed E-state index contributed by atoms with van der Waals surface area (Å²) in [5.74, 6) is 2.62. The van der Waals surface area contributed by atoms with E-state index in [0.29, 0.717) is 6.04 Å². The molecule has 0 radical (unpaired) electrons. The number of anilines is 1. The third kappa shape index (κ3) is 4.71. The highest BCUT2D eigenvalue weighted by Gasteiger charge is 2.31. The van der Waals surface area contributed by atoms with E-state index in [1.165, 1.54) is 0 Å². The van der Waals surface area contributed by atoms with Crippen LogP contribution in [-0.2, 0) is 4.74 Å². The second-order valence-electron chi connectivity index (χ2n) is 6.38. The Morgan fingerprint density at radius 1 is 1.33 bits per heavy atom. The zero-order valence-electron chi connectivity index (χ0n) is 12.8. The lowest BCUT2D eigenvalue weighted by atomic mass is 9.86. The zero-order chi connectivity index (χ0) is 15.5. The summed E-state index contributed by atoms with van der Waals surface area (Å²) in [5.41, 5.74) is 1.43. The van der Waals surface area contributed by atoms with Crippen molar-refractivity contribution in [1.82, 2.24) is 5.32 Å². The Kier molecular flexibility index (Phi) is 4.42. The highest BCUT2D eigenvalue weighted by atomic mass is 16.6. The van der Waals surface area contributed by atoms with Crippen LogP contribution in [0.15, 0.2) is 24.3 Å². The number of terminal acetylenes is 1. The first kappa shape index (κ1) is 15.2. The monoisotopic (exact) mass is 286 g/mol. The van der Waals surface area contributed by atoms with Crippen LogP contribution in [0.1, 0.15) is 39.2 Å². The van der Waals surface area contributed by atoms with Crippen LogP contribution in [0.5, 0.6) is 0 Å². The highest BCUT2D eigenvalue weighted by molar-refractivity contribution is 5.68. The minimum Gasteiger partial charge on any atom is -0.444 e. The van der Waals surface area contributed by atoms with E-state index in [9.17, 15) is 4.79 Å². The molecule has 0 spiro atoms. The first-order valence-corrected chi connectivity index (χ1v) is 7.18. The van der Waals surface area contributed by atoms with Gasteiger partial charge in [0.15, 0.2) is 0 Å². The van der Waals surface area contributed by atoms with Gasteiger partial charge in [0.05, 0.1) is 0 Å². The molecule has 0 bridgehead atoms. The van der Waals surface area contributed by atoms with Crippen molar-refractivity contribution in [3.63, 3.8) is 0 Å². The first-order valence-electron chi connectivity index (χ1n) is 7.18. The molecule has 0 aromatic heterocycles. The molecule has 0 saturated heterocycles. The summed E-state index contributed by atoms with van der Waals surface area (Å²) >= 11 is 0. The Labute approximate surface area is 126 Å². The van der Waals surface area contributed by atoms with Crippen molar-refractivity contribution in [3.05, 3.63) is 29.8 Å². The molecule has 21 heavy (non-hydrogen) atoms. The van der Waals surface area contributed by atoms with Gasteiger partial charge in [0.1, 0.15) is 5.60 Å². The van der Waals surface area contributed by atoms with Crippen molar-refractivity contribution >= 4 is 11.8 Å². The number of ether oxygens (including phenoxy) is 1. The predicted molar refractivity (Wildman–Crippen MR) is 84.2 cm³/mol. The van der Waals surface area contributed by atoms with Gasteiger partial charge in [-0.2, -0.15) is 0 Å². The number of alkyl carbamates (subject to hydrolysis) is 1. The molecule has 1 aliphatic carbocycles. The maximum Gasteiger partial charge on any atom is 0.407 e. The van der Waals surface area contributed by atoms with Crippen LogP contribution in [0, 0.1) is 12.3 Å². The lowest BCUT2D eigenvalue weighted by molar-refractivity contribution is 0.0475. The molecule has 1 fully saturated rings. The Morgan fingerprint density at radius 3 is 2.67 bits per heavy atom. The smallest absolute Gasteiger partial charge is 0.407 e. The van der Waals surface area contributed by atoms with Crippen LogP contribution in [0.25, 0.3) is 0 Å². The predicted octanol–water partition coefficient (Wildman–Crippen LogP) is 3.14. The van der Waals surface area contributed by atoms with E-state index >= 15 is 0 Å². The van der Waals surface area contributed by atoms with E-state index < -0.39 is 5.60 Å². The maximum absolute atomic E-state index is 11.6. The second-order valence-corrected chi connectivity index (χ2v) is 6.38. The fourth-order valence-corrected chi connectivity index (χ4v) is 2.26. The molecule has 1 aliphatic rings. The van der Waals surface area contributed by atoms with Gasteiger partial charge in [0, 0.05) is 23.3 Å². The average Bonchev–Trinajstić information content (AvgIpc) is 2.34. The third-order valence-corrected chi connectivity index (χ3v) is 3.26. The van der Waals surface area contributed by atoms with Crippen molar-refractivity contribution in [2.24, 2.45) is 0 Å². The van der Waals surface area contributed by atoms with E-state index in [2.05, 4.69) is 16.6 Å². The number of hydrogen-bond acceptors (Lipinski definition) is 3.